The first kappa shape index (κ1) is 20.2. The van der Waals surface area contributed by atoms with Crippen molar-refractivity contribution in [2.45, 2.75) is 18.8 Å². The summed E-state index contributed by atoms with van der Waals surface area (Å²) >= 11 is 0. The summed E-state index contributed by atoms with van der Waals surface area (Å²) in [6.45, 7) is 6.25. The monoisotopic (exact) mass is 422 g/mol. The molecule has 0 spiro atoms. The number of aromatic amines is 1. The highest BCUT2D eigenvalue weighted by Crippen LogP contribution is 2.37. The van der Waals surface area contributed by atoms with Gasteiger partial charge in [-0.2, -0.15) is 0 Å². The molecule has 0 atom stereocenters. The quantitative estimate of drug-likeness (QED) is 0.674. The average molecular weight is 423 g/mol. The normalized spacial score (nSPS) is 18.7. The Bertz CT molecular complexity index is 1050. The highest BCUT2D eigenvalue weighted by Gasteiger charge is 2.25. The Morgan fingerprint density at radius 3 is 2.45 bits per heavy atom. The third kappa shape index (κ3) is 3.97. The molecule has 2 saturated heterocycles. The lowest BCUT2D eigenvalue weighted by atomic mass is 9.89. The number of halogens is 1. The van der Waals surface area contributed by atoms with Crippen LogP contribution in [0.1, 0.15) is 24.3 Å². The van der Waals surface area contributed by atoms with Crippen molar-refractivity contribution in [3.05, 3.63) is 54.0 Å². The standard InChI is InChI=1S/C25H31FN4O/c1-28-11-13-30(14-12-28)24-16-20(4-6-25(24)31-2)29-9-7-18(8-10-29)22-17-27-23-15-19(26)3-5-21(22)23/h3-6,15-18,27H,7-14H2,1-2H3. The van der Waals surface area contributed by atoms with Crippen LogP contribution in [0.15, 0.2) is 42.6 Å². The number of H-pyrrole nitrogens is 1. The van der Waals surface area contributed by atoms with Gasteiger partial charge in [0.15, 0.2) is 0 Å². The van der Waals surface area contributed by atoms with Crippen LogP contribution in [0, 0.1) is 5.82 Å². The molecule has 5 rings (SSSR count). The molecule has 0 unspecified atom stereocenters. The summed E-state index contributed by atoms with van der Waals surface area (Å²) in [4.78, 5) is 10.6. The average Bonchev–Trinajstić information content (AvgIpc) is 3.22. The summed E-state index contributed by atoms with van der Waals surface area (Å²) in [5.41, 5.74) is 4.69. The fourth-order valence-electron chi connectivity index (χ4n) is 5.08. The van der Waals surface area contributed by atoms with Gasteiger partial charge >= 0.3 is 0 Å². The second-order valence-electron chi connectivity index (χ2n) is 8.84. The van der Waals surface area contributed by atoms with Gasteiger partial charge in [0, 0.05) is 62.1 Å². The molecule has 31 heavy (non-hydrogen) atoms. The fourth-order valence-corrected chi connectivity index (χ4v) is 5.08. The van der Waals surface area contributed by atoms with Gasteiger partial charge in [0.05, 0.1) is 12.8 Å². The predicted octanol–water partition coefficient (Wildman–Crippen LogP) is 4.45. The SMILES string of the molecule is COc1ccc(N2CCC(c3c[nH]c4cc(F)ccc34)CC2)cc1N1CCN(C)CC1. The van der Waals surface area contributed by atoms with Gasteiger partial charge in [-0.15, -0.1) is 0 Å². The van der Waals surface area contributed by atoms with Crippen molar-refractivity contribution in [1.29, 1.82) is 0 Å². The predicted molar refractivity (Wildman–Crippen MR) is 125 cm³/mol. The van der Waals surface area contributed by atoms with Gasteiger partial charge in [0.2, 0.25) is 0 Å². The van der Waals surface area contributed by atoms with Gasteiger partial charge in [0.1, 0.15) is 11.6 Å². The number of piperazine rings is 1. The second kappa shape index (κ2) is 8.42. The maximum atomic E-state index is 13.5. The Balaban J connectivity index is 1.31. The third-order valence-electron chi connectivity index (χ3n) is 6.98. The first-order valence-electron chi connectivity index (χ1n) is 11.3. The Hall–Kier alpha value is -2.73. The van der Waals surface area contributed by atoms with Crippen LogP contribution in [0.2, 0.25) is 0 Å². The van der Waals surface area contributed by atoms with E-state index in [0.29, 0.717) is 5.92 Å². The molecule has 0 aliphatic carbocycles. The van der Waals surface area contributed by atoms with Gasteiger partial charge in [-0.3, -0.25) is 0 Å². The number of likely N-dealkylation sites (N-methyl/N-ethyl adjacent to an activating group) is 1. The molecule has 1 N–H and O–H groups in total. The molecule has 6 heteroatoms. The molecule has 1 aromatic heterocycles. The summed E-state index contributed by atoms with van der Waals surface area (Å²) in [5, 5.41) is 1.15. The van der Waals surface area contributed by atoms with E-state index in [1.807, 2.05) is 6.07 Å². The number of nitrogens with zero attached hydrogens (tertiary/aromatic N) is 3. The van der Waals surface area contributed by atoms with Crippen molar-refractivity contribution >= 4 is 22.3 Å². The maximum Gasteiger partial charge on any atom is 0.142 e. The molecule has 2 aromatic carbocycles. The van der Waals surface area contributed by atoms with E-state index in [4.69, 9.17) is 4.74 Å². The lowest BCUT2D eigenvalue weighted by Gasteiger charge is -2.37. The van der Waals surface area contributed by atoms with Crippen LogP contribution in [-0.4, -0.2) is 63.3 Å². The first-order chi connectivity index (χ1) is 15.1. The van der Waals surface area contributed by atoms with Gasteiger partial charge in [-0.25, -0.2) is 4.39 Å². The van der Waals surface area contributed by atoms with Crippen molar-refractivity contribution < 1.29 is 9.13 Å². The highest BCUT2D eigenvalue weighted by molar-refractivity contribution is 5.83. The van der Waals surface area contributed by atoms with E-state index < -0.39 is 0 Å². The summed E-state index contributed by atoms with van der Waals surface area (Å²) in [5.74, 6) is 1.27. The summed E-state index contributed by atoms with van der Waals surface area (Å²) in [7, 11) is 3.94. The molecule has 0 amide bonds. The van der Waals surface area contributed by atoms with Gasteiger partial charge in [0.25, 0.3) is 0 Å². The molecule has 3 aromatic rings. The molecule has 0 radical (unpaired) electrons. The minimum atomic E-state index is -0.189. The van der Waals surface area contributed by atoms with Crippen molar-refractivity contribution in [1.82, 2.24) is 9.88 Å². The number of fused-ring (bicyclic) bond motifs is 1. The molecule has 3 heterocycles. The fraction of sp³-hybridized carbons (Fsp3) is 0.440. The summed E-state index contributed by atoms with van der Waals surface area (Å²) < 4.78 is 19.2. The maximum absolute atomic E-state index is 13.5. The number of hydrogen-bond acceptors (Lipinski definition) is 4. The van der Waals surface area contributed by atoms with E-state index in [1.165, 1.54) is 16.9 Å². The molecule has 0 saturated carbocycles. The van der Waals surface area contributed by atoms with Crippen LogP contribution < -0.4 is 14.5 Å². The number of rotatable bonds is 4. The van der Waals surface area contributed by atoms with E-state index >= 15 is 0 Å². The molecule has 5 nitrogen and oxygen atoms in total. The van der Waals surface area contributed by atoms with Crippen molar-refractivity contribution in [2.75, 3.05) is 63.2 Å². The molecule has 2 aliphatic heterocycles. The number of methoxy groups -OCH3 is 1. The minimum absolute atomic E-state index is 0.189. The van der Waals surface area contributed by atoms with E-state index in [-0.39, 0.29) is 5.82 Å². The number of ether oxygens (including phenoxy) is 1. The molecule has 164 valence electrons. The van der Waals surface area contributed by atoms with Crippen molar-refractivity contribution in [2.24, 2.45) is 0 Å². The van der Waals surface area contributed by atoms with E-state index in [2.05, 4.69) is 51.1 Å². The number of piperidine rings is 1. The number of aromatic nitrogens is 1. The zero-order valence-electron chi connectivity index (χ0n) is 18.4. The Kier molecular flexibility index (Phi) is 5.48. The Labute approximate surface area is 183 Å². The summed E-state index contributed by atoms with van der Waals surface area (Å²) in [6.07, 6.45) is 4.27. The molecule has 0 bridgehead atoms. The van der Waals surface area contributed by atoms with Crippen LogP contribution in [0.5, 0.6) is 5.75 Å². The molecule has 2 aliphatic rings. The van der Waals surface area contributed by atoms with E-state index in [0.717, 1.165) is 68.8 Å². The van der Waals surface area contributed by atoms with Crippen LogP contribution >= 0.6 is 0 Å². The number of nitrogens with one attached hydrogen (secondary N) is 1. The van der Waals surface area contributed by atoms with Crippen LogP contribution in [0.4, 0.5) is 15.8 Å². The van der Waals surface area contributed by atoms with Crippen molar-refractivity contribution in [3.63, 3.8) is 0 Å². The molecule has 2 fully saturated rings. The lowest BCUT2D eigenvalue weighted by molar-refractivity contribution is 0.311. The number of anilines is 2. The van der Waals surface area contributed by atoms with Crippen LogP contribution in [-0.2, 0) is 0 Å². The topological polar surface area (TPSA) is 34.7 Å². The number of benzene rings is 2. The number of hydrogen-bond donors (Lipinski definition) is 1. The van der Waals surface area contributed by atoms with Crippen molar-refractivity contribution in [3.8, 4) is 5.75 Å². The smallest absolute Gasteiger partial charge is 0.142 e. The van der Waals surface area contributed by atoms with Gasteiger partial charge < -0.3 is 24.4 Å². The second-order valence-corrected chi connectivity index (χ2v) is 8.84. The zero-order valence-corrected chi connectivity index (χ0v) is 18.4. The van der Waals surface area contributed by atoms with E-state index in [9.17, 15) is 4.39 Å². The van der Waals surface area contributed by atoms with Gasteiger partial charge in [-0.1, -0.05) is 0 Å². The largest absolute Gasteiger partial charge is 0.495 e. The van der Waals surface area contributed by atoms with E-state index in [1.54, 1.807) is 19.2 Å². The zero-order chi connectivity index (χ0) is 21.4. The molecular weight excluding hydrogens is 391 g/mol. The van der Waals surface area contributed by atoms with Gasteiger partial charge in [-0.05, 0) is 67.8 Å². The highest BCUT2D eigenvalue weighted by atomic mass is 19.1. The Morgan fingerprint density at radius 1 is 0.935 bits per heavy atom. The lowest BCUT2D eigenvalue weighted by Crippen LogP contribution is -2.44. The van der Waals surface area contributed by atoms with Crippen LogP contribution in [0.3, 0.4) is 0 Å². The first-order valence-corrected chi connectivity index (χ1v) is 11.3. The van der Waals surface area contributed by atoms with Crippen LogP contribution in [0.25, 0.3) is 10.9 Å². The minimum Gasteiger partial charge on any atom is -0.495 e. The third-order valence-corrected chi connectivity index (χ3v) is 6.98. The Morgan fingerprint density at radius 2 is 1.71 bits per heavy atom. The molecular formula is C25H31FN4O. The summed E-state index contributed by atoms with van der Waals surface area (Å²) in [6, 6.07) is 11.7.